The first kappa shape index (κ1) is 32.8. The van der Waals surface area contributed by atoms with E-state index in [1.807, 2.05) is 14.1 Å². The SMILES string of the molecule is C=C(C)C(=O)OCCC(CCOC(=O)C(=C)C)(CCOC(=O)C(=C)C)[N+](C)(C)CCOC(=O)C(=C)C. The number of hydrogen-bond donors (Lipinski definition) is 0. The molecule has 0 saturated carbocycles. The summed E-state index contributed by atoms with van der Waals surface area (Å²) in [5, 5.41) is 0. The van der Waals surface area contributed by atoms with Gasteiger partial charge in [0.25, 0.3) is 0 Å². The Labute approximate surface area is 215 Å². The summed E-state index contributed by atoms with van der Waals surface area (Å²) < 4.78 is 21.7. The Hall–Kier alpha value is -3.20. The standard InChI is InChI=1S/C27H42NO8/c1-19(2)23(29)33-15-11-27(12-16-34-24(30)20(3)4,13-17-35-25(31)21(5)6)28(9,10)14-18-36-26(32)22(7)8/h1,3,5,7,11-18H2,2,4,6,8-10H3/q+1. The zero-order chi connectivity index (χ0) is 28.1. The minimum absolute atomic E-state index is 0.0573. The molecular formula is C27H42NO8+. The lowest BCUT2D eigenvalue weighted by Gasteiger charge is -2.49. The van der Waals surface area contributed by atoms with Crippen LogP contribution in [0.25, 0.3) is 0 Å². The summed E-state index contributed by atoms with van der Waals surface area (Å²) in [5.41, 5.74) is 0.401. The third-order valence-corrected chi connectivity index (χ3v) is 5.96. The Bertz CT molecular complexity index is 805. The maximum Gasteiger partial charge on any atom is 0.333 e. The molecule has 0 heterocycles. The van der Waals surface area contributed by atoms with Crippen LogP contribution in [0.5, 0.6) is 0 Å². The van der Waals surface area contributed by atoms with Crippen molar-refractivity contribution in [1.29, 1.82) is 0 Å². The number of esters is 4. The number of ether oxygens (including phenoxy) is 4. The summed E-state index contributed by atoms with van der Waals surface area (Å²) in [6, 6.07) is 0. The predicted octanol–water partition coefficient (Wildman–Crippen LogP) is 3.45. The van der Waals surface area contributed by atoms with Crippen molar-refractivity contribution in [2.24, 2.45) is 0 Å². The Kier molecular flexibility index (Phi) is 13.7. The van der Waals surface area contributed by atoms with E-state index in [2.05, 4.69) is 26.3 Å². The number of carbonyl (C=O) groups is 4. The van der Waals surface area contributed by atoms with Crippen LogP contribution >= 0.6 is 0 Å². The first-order chi connectivity index (χ1) is 16.6. The lowest BCUT2D eigenvalue weighted by atomic mass is 9.84. The minimum atomic E-state index is -0.699. The molecule has 0 unspecified atom stereocenters. The van der Waals surface area contributed by atoms with E-state index in [1.165, 1.54) is 0 Å². The quantitative estimate of drug-likeness (QED) is 0.127. The van der Waals surface area contributed by atoms with Crippen LogP contribution in [0.1, 0.15) is 47.0 Å². The molecule has 0 aromatic carbocycles. The van der Waals surface area contributed by atoms with Crippen LogP contribution in [-0.2, 0) is 38.1 Å². The van der Waals surface area contributed by atoms with Gasteiger partial charge in [0.15, 0.2) is 0 Å². The largest absolute Gasteiger partial charge is 0.462 e. The first-order valence-electron chi connectivity index (χ1n) is 11.7. The van der Waals surface area contributed by atoms with Gasteiger partial charge in [-0.25, -0.2) is 19.2 Å². The Morgan fingerprint density at radius 2 is 0.806 bits per heavy atom. The molecule has 0 aliphatic rings. The van der Waals surface area contributed by atoms with Gasteiger partial charge in [0.2, 0.25) is 0 Å². The van der Waals surface area contributed by atoms with Gasteiger partial charge in [-0.2, -0.15) is 0 Å². The molecule has 36 heavy (non-hydrogen) atoms. The highest BCUT2D eigenvalue weighted by Gasteiger charge is 2.45. The van der Waals surface area contributed by atoms with E-state index in [0.717, 1.165) is 0 Å². The van der Waals surface area contributed by atoms with Crippen LogP contribution in [0.2, 0.25) is 0 Å². The van der Waals surface area contributed by atoms with Gasteiger partial charge in [-0.1, -0.05) is 26.3 Å². The summed E-state index contributed by atoms with van der Waals surface area (Å²) in [4.78, 5) is 47.9. The highest BCUT2D eigenvalue weighted by molar-refractivity contribution is 5.88. The zero-order valence-corrected chi connectivity index (χ0v) is 22.7. The number of rotatable bonds is 17. The van der Waals surface area contributed by atoms with Gasteiger partial charge < -0.3 is 23.4 Å². The lowest BCUT2D eigenvalue weighted by Crippen LogP contribution is -2.62. The average molecular weight is 509 g/mol. The number of nitrogens with zero attached hydrogens (tertiary/aromatic N) is 1. The molecule has 0 N–H and O–H groups in total. The molecular weight excluding hydrogens is 466 g/mol. The van der Waals surface area contributed by atoms with E-state index in [0.29, 0.717) is 25.8 Å². The van der Waals surface area contributed by atoms with Crippen LogP contribution in [0.4, 0.5) is 0 Å². The molecule has 0 aromatic rings. The van der Waals surface area contributed by atoms with Gasteiger partial charge >= 0.3 is 23.9 Å². The first-order valence-corrected chi connectivity index (χ1v) is 11.7. The van der Waals surface area contributed by atoms with E-state index in [9.17, 15) is 19.2 Å². The molecule has 0 saturated heterocycles. The van der Waals surface area contributed by atoms with Crippen molar-refractivity contribution in [2.45, 2.75) is 52.5 Å². The maximum atomic E-state index is 12.0. The second-order valence-corrected chi connectivity index (χ2v) is 9.55. The van der Waals surface area contributed by atoms with Crippen LogP contribution in [0.3, 0.4) is 0 Å². The third-order valence-electron chi connectivity index (χ3n) is 5.96. The van der Waals surface area contributed by atoms with Gasteiger partial charge in [0.05, 0.1) is 33.9 Å². The fourth-order valence-electron chi connectivity index (χ4n) is 3.38. The predicted molar refractivity (Wildman–Crippen MR) is 137 cm³/mol. The summed E-state index contributed by atoms with van der Waals surface area (Å²) in [7, 11) is 3.85. The molecule has 9 nitrogen and oxygen atoms in total. The van der Waals surface area contributed by atoms with E-state index < -0.39 is 29.4 Å². The van der Waals surface area contributed by atoms with Gasteiger partial charge in [0, 0.05) is 41.6 Å². The maximum absolute atomic E-state index is 12.0. The van der Waals surface area contributed by atoms with Crippen LogP contribution in [0, 0.1) is 0 Å². The monoisotopic (exact) mass is 508 g/mol. The summed E-state index contributed by atoms with van der Waals surface area (Å²) in [6.45, 7) is 21.3. The van der Waals surface area contributed by atoms with E-state index >= 15 is 0 Å². The Balaban J connectivity index is 5.94. The number of quaternary nitrogens is 1. The fraction of sp³-hybridized carbons (Fsp3) is 0.556. The van der Waals surface area contributed by atoms with Crippen molar-refractivity contribution >= 4 is 23.9 Å². The molecule has 0 rings (SSSR count). The zero-order valence-electron chi connectivity index (χ0n) is 22.7. The second-order valence-electron chi connectivity index (χ2n) is 9.55. The van der Waals surface area contributed by atoms with E-state index in [-0.39, 0.29) is 53.2 Å². The van der Waals surface area contributed by atoms with Crippen molar-refractivity contribution in [3.63, 3.8) is 0 Å². The molecule has 0 aliphatic heterocycles. The molecule has 0 amide bonds. The van der Waals surface area contributed by atoms with Crippen molar-refractivity contribution in [3.05, 3.63) is 48.6 Å². The number of carbonyl (C=O) groups excluding carboxylic acids is 4. The molecule has 0 spiro atoms. The van der Waals surface area contributed by atoms with Crippen LogP contribution < -0.4 is 0 Å². The topological polar surface area (TPSA) is 105 Å². The normalized spacial score (nSPS) is 11.2. The Morgan fingerprint density at radius 3 is 1.06 bits per heavy atom. The number of hydrogen-bond acceptors (Lipinski definition) is 8. The molecule has 9 heteroatoms. The average Bonchev–Trinajstić information content (AvgIpc) is 2.77. The highest BCUT2D eigenvalue weighted by Crippen LogP contribution is 2.33. The molecule has 0 atom stereocenters. The van der Waals surface area contributed by atoms with Crippen molar-refractivity contribution in [1.82, 2.24) is 0 Å². The fourth-order valence-corrected chi connectivity index (χ4v) is 3.38. The minimum Gasteiger partial charge on any atom is -0.462 e. The smallest absolute Gasteiger partial charge is 0.333 e. The lowest BCUT2D eigenvalue weighted by molar-refractivity contribution is -0.943. The molecule has 0 radical (unpaired) electrons. The molecule has 0 fully saturated rings. The van der Waals surface area contributed by atoms with Gasteiger partial charge in [-0.05, 0) is 27.7 Å². The highest BCUT2D eigenvalue weighted by atomic mass is 16.5. The van der Waals surface area contributed by atoms with E-state index in [4.69, 9.17) is 18.9 Å². The summed E-state index contributed by atoms with van der Waals surface area (Å²) in [5.74, 6) is -2.06. The van der Waals surface area contributed by atoms with Gasteiger partial charge in [-0.15, -0.1) is 0 Å². The van der Waals surface area contributed by atoms with Crippen LogP contribution in [0.15, 0.2) is 48.6 Å². The van der Waals surface area contributed by atoms with E-state index in [1.54, 1.807) is 27.7 Å². The molecule has 0 aliphatic carbocycles. The van der Waals surface area contributed by atoms with Crippen molar-refractivity contribution in [3.8, 4) is 0 Å². The summed E-state index contributed by atoms with van der Waals surface area (Å²) >= 11 is 0. The number of likely N-dealkylation sites (N-methyl/N-ethyl adjacent to an activating group) is 1. The summed E-state index contributed by atoms with van der Waals surface area (Å²) in [6.07, 6.45) is 1.05. The van der Waals surface area contributed by atoms with Crippen LogP contribution in [-0.4, -0.2) is 81.0 Å². The molecule has 202 valence electrons. The third kappa shape index (κ3) is 11.0. The van der Waals surface area contributed by atoms with Crippen molar-refractivity contribution < 1.29 is 42.6 Å². The van der Waals surface area contributed by atoms with Gasteiger partial charge in [0.1, 0.15) is 18.7 Å². The molecule has 0 bridgehead atoms. The van der Waals surface area contributed by atoms with Crippen molar-refractivity contribution in [2.75, 3.05) is 47.1 Å². The second kappa shape index (κ2) is 15.0. The molecule has 0 aromatic heterocycles. The Morgan fingerprint density at radius 1 is 0.556 bits per heavy atom. The van der Waals surface area contributed by atoms with Gasteiger partial charge in [-0.3, -0.25) is 0 Å².